The SMILES string of the molecule is O=C(Nc1ccc(OS(=O)(=O)Oc2ccccc2)cc1)Nc1ccc(OS(=O)(=O)c2cccc3ccccc23)cc1. The molecule has 12 heteroatoms. The van der Waals surface area contributed by atoms with E-state index in [2.05, 4.69) is 10.6 Å². The van der Waals surface area contributed by atoms with E-state index < -0.39 is 26.5 Å². The molecule has 0 fully saturated rings. The number of para-hydroxylation sites is 1. The Labute approximate surface area is 236 Å². The highest BCUT2D eigenvalue weighted by Gasteiger charge is 2.20. The molecule has 0 bridgehead atoms. The number of anilines is 2. The Morgan fingerprint density at radius 3 is 1.61 bits per heavy atom. The topological polar surface area (TPSA) is 137 Å². The molecule has 0 saturated carbocycles. The minimum absolute atomic E-state index is 0.0130. The van der Waals surface area contributed by atoms with Crippen molar-refractivity contribution in [2.75, 3.05) is 10.6 Å². The van der Waals surface area contributed by atoms with E-state index in [-0.39, 0.29) is 22.1 Å². The van der Waals surface area contributed by atoms with Crippen molar-refractivity contribution in [3.8, 4) is 17.2 Å². The molecule has 5 aromatic rings. The second-order valence-corrected chi connectivity index (χ2v) is 11.2. The molecule has 10 nitrogen and oxygen atoms in total. The number of urea groups is 1. The van der Waals surface area contributed by atoms with Crippen LogP contribution in [-0.4, -0.2) is 22.9 Å². The first-order valence-electron chi connectivity index (χ1n) is 12.1. The molecule has 41 heavy (non-hydrogen) atoms. The van der Waals surface area contributed by atoms with Gasteiger partial charge >= 0.3 is 26.5 Å². The zero-order valence-corrected chi connectivity index (χ0v) is 22.8. The molecule has 208 valence electrons. The summed E-state index contributed by atoms with van der Waals surface area (Å²) in [5.41, 5.74) is 0.735. The summed E-state index contributed by atoms with van der Waals surface area (Å²) < 4.78 is 65.1. The standard InChI is InChI=1S/C29H22N2O8S2/c32-29(31-23-15-19-26(20-16-23)39-41(35,36)38-24-9-2-1-3-10-24)30-22-13-17-25(18-14-22)37-40(33,34)28-12-6-8-21-7-4-5-11-27(21)28/h1-20H,(H2,30,31,32). The molecule has 2 amide bonds. The lowest BCUT2D eigenvalue weighted by atomic mass is 10.1. The van der Waals surface area contributed by atoms with Gasteiger partial charge in [-0.25, -0.2) is 4.79 Å². The zero-order chi connectivity index (χ0) is 28.9. The molecule has 0 aliphatic rings. The summed E-state index contributed by atoms with van der Waals surface area (Å²) in [4.78, 5) is 12.5. The second kappa shape index (κ2) is 11.6. The van der Waals surface area contributed by atoms with Crippen LogP contribution in [0.25, 0.3) is 10.8 Å². The van der Waals surface area contributed by atoms with Crippen molar-refractivity contribution in [1.82, 2.24) is 0 Å². The van der Waals surface area contributed by atoms with Crippen molar-refractivity contribution >= 4 is 48.7 Å². The number of hydrogen-bond donors (Lipinski definition) is 2. The van der Waals surface area contributed by atoms with Gasteiger partial charge in [-0.2, -0.15) is 8.42 Å². The van der Waals surface area contributed by atoms with Crippen LogP contribution in [0.5, 0.6) is 17.2 Å². The third-order valence-electron chi connectivity index (χ3n) is 5.59. The van der Waals surface area contributed by atoms with E-state index in [0.717, 1.165) is 5.39 Å². The Morgan fingerprint density at radius 1 is 0.512 bits per heavy atom. The highest BCUT2D eigenvalue weighted by atomic mass is 32.3. The third-order valence-corrected chi connectivity index (χ3v) is 7.69. The maximum atomic E-state index is 12.9. The van der Waals surface area contributed by atoms with Crippen LogP contribution >= 0.6 is 0 Å². The maximum absolute atomic E-state index is 12.9. The molecular formula is C29H22N2O8S2. The van der Waals surface area contributed by atoms with E-state index in [9.17, 15) is 21.6 Å². The predicted molar refractivity (Wildman–Crippen MR) is 154 cm³/mol. The summed E-state index contributed by atoms with van der Waals surface area (Å²) in [6, 6.07) is 30.8. The molecule has 0 atom stereocenters. The molecule has 0 radical (unpaired) electrons. The number of rotatable bonds is 9. The number of carbonyl (C=O) groups excluding carboxylic acids is 1. The molecule has 0 spiro atoms. The molecule has 0 saturated heterocycles. The summed E-state index contributed by atoms with van der Waals surface area (Å²) >= 11 is 0. The van der Waals surface area contributed by atoms with E-state index in [4.69, 9.17) is 12.5 Å². The molecule has 0 aromatic heterocycles. The number of amides is 2. The molecule has 0 heterocycles. The molecular weight excluding hydrogens is 568 g/mol. The normalized spacial score (nSPS) is 11.4. The molecule has 5 aromatic carbocycles. The van der Waals surface area contributed by atoms with Gasteiger partial charge in [0.15, 0.2) is 0 Å². The Balaban J connectivity index is 1.16. The fourth-order valence-corrected chi connectivity index (χ4v) is 5.68. The van der Waals surface area contributed by atoms with Crippen LogP contribution in [0.2, 0.25) is 0 Å². The Morgan fingerprint density at radius 2 is 1.00 bits per heavy atom. The minimum Gasteiger partial charge on any atom is -0.379 e. The van der Waals surface area contributed by atoms with Crippen molar-refractivity contribution in [1.29, 1.82) is 0 Å². The highest BCUT2D eigenvalue weighted by molar-refractivity contribution is 7.87. The highest BCUT2D eigenvalue weighted by Crippen LogP contribution is 2.27. The zero-order valence-electron chi connectivity index (χ0n) is 21.1. The van der Waals surface area contributed by atoms with Gasteiger partial charge in [0.05, 0.1) is 0 Å². The van der Waals surface area contributed by atoms with Crippen LogP contribution < -0.4 is 23.2 Å². The summed E-state index contributed by atoms with van der Waals surface area (Å²) in [6.45, 7) is 0. The fraction of sp³-hybridized carbons (Fsp3) is 0. The Bertz CT molecular complexity index is 1890. The first-order chi connectivity index (χ1) is 19.7. The van der Waals surface area contributed by atoms with Crippen LogP contribution in [0, 0.1) is 0 Å². The van der Waals surface area contributed by atoms with Gasteiger partial charge in [-0.05, 0) is 72.1 Å². The lowest BCUT2D eigenvalue weighted by Gasteiger charge is -2.11. The van der Waals surface area contributed by atoms with Crippen molar-refractivity contribution in [2.45, 2.75) is 4.90 Å². The number of fused-ring (bicyclic) bond motifs is 1. The summed E-state index contributed by atoms with van der Waals surface area (Å²) in [7, 11) is -8.46. The summed E-state index contributed by atoms with van der Waals surface area (Å²) in [6.07, 6.45) is 0. The van der Waals surface area contributed by atoms with Crippen molar-refractivity contribution in [3.63, 3.8) is 0 Å². The number of benzene rings is 5. The number of nitrogens with one attached hydrogen (secondary N) is 2. The van der Waals surface area contributed by atoms with Gasteiger partial charge in [-0.1, -0.05) is 54.6 Å². The monoisotopic (exact) mass is 590 g/mol. The lowest BCUT2D eigenvalue weighted by molar-refractivity contribution is 0.262. The predicted octanol–water partition coefficient (Wildman–Crippen LogP) is 5.95. The van der Waals surface area contributed by atoms with E-state index in [1.165, 1.54) is 66.7 Å². The lowest BCUT2D eigenvalue weighted by Crippen LogP contribution is -2.19. The second-order valence-electron chi connectivity index (χ2n) is 8.53. The average Bonchev–Trinajstić information content (AvgIpc) is 2.95. The van der Waals surface area contributed by atoms with Gasteiger partial charge in [-0.3, -0.25) is 0 Å². The molecule has 0 aliphatic heterocycles. The summed E-state index contributed by atoms with van der Waals surface area (Å²) in [5, 5.41) is 6.53. The molecule has 0 aliphatic carbocycles. The largest absolute Gasteiger partial charge is 0.500 e. The average molecular weight is 591 g/mol. The van der Waals surface area contributed by atoms with Gasteiger partial charge in [0.1, 0.15) is 22.1 Å². The van der Waals surface area contributed by atoms with Gasteiger partial charge in [-0.15, -0.1) is 8.42 Å². The van der Waals surface area contributed by atoms with Crippen LogP contribution in [0.1, 0.15) is 0 Å². The van der Waals surface area contributed by atoms with E-state index in [0.29, 0.717) is 16.8 Å². The Kier molecular flexibility index (Phi) is 7.77. The molecule has 5 rings (SSSR count). The van der Waals surface area contributed by atoms with E-state index in [1.54, 1.807) is 36.4 Å². The van der Waals surface area contributed by atoms with Crippen molar-refractivity contribution < 1.29 is 34.2 Å². The van der Waals surface area contributed by atoms with Crippen molar-refractivity contribution in [3.05, 3.63) is 121 Å². The maximum Gasteiger partial charge on any atom is 0.500 e. The number of hydrogen-bond acceptors (Lipinski definition) is 8. The van der Waals surface area contributed by atoms with Crippen molar-refractivity contribution in [2.24, 2.45) is 0 Å². The number of carbonyl (C=O) groups is 1. The van der Waals surface area contributed by atoms with Gasteiger partial charge in [0, 0.05) is 16.8 Å². The molecule has 2 N–H and O–H groups in total. The quantitative estimate of drug-likeness (QED) is 0.201. The summed E-state index contributed by atoms with van der Waals surface area (Å²) in [5.74, 6) is 0.167. The van der Waals surface area contributed by atoms with E-state index in [1.807, 2.05) is 18.2 Å². The van der Waals surface area contributed by atoms with Crippen LogP contribution in [0.15, 0.2) is 126 Å². The van der Waals surface area contributed by atoms with Gasteiger partial charge in [0.25, 0.3) is 0 Å². The first kappa shape index (κ1) is 27.5. The minimum atomic E-state index is -4.35. The Hall–Kier alpha value is -5.07. The van der Waals surface area contributed by atoms with Crippen LogP contribution in [0.4, 0.5) is 16.2 Å². The third kappa shape index (κ3) is 7.12. The van der Waals surface area contributed by atoms with Gasteiger partial charge < -0.3 is 23.2 Å². The molecule has 0 unspecified atom stereocenters. The fourth-order valence-electron chi connectivity index (χ4n) is 3.80. The van der Waals surface area contributed by atoms with Crippen LogP contribution in [-0.2, 0) is 20.5 Å². The first-order valence-corrected chi connectivity index (χ1v) is 14.8. The van der Waals surface area contributed by atoms with Crippen LogP contribution in [0.3, 0.4) is 0 Å². The van der Waals surface area contributed by atoms with Gasteiger partial charge in [0.2, 0.25) is 0 Å². The smallest absolute Gasteiger partial charge is 0.379 e. The van der Waals surface area contributed by atoms with E-state index >= 15 is 0 Å².